The molecule has 0 aliphatic heterocycles. The largest absolute Gasteiger partial charge is 0.0604 e. The zero-order valence-electron chi connectivity index (χ0n) is 10.1. The molecule has 0 heterocycles. The number of allylic oxidation sites excluding steroid dienone is 4. The van der Waals surface area contributed by atoms with Gasteiger partial charge in [-0.2, -0.15) is 0 Å². The van der Waals surface area contributed by atoms with Gasteiger partial charge in [-0.1, -0.05) is 38.8 Å². The van der Waals surface area contributed by atoms with E-state index < -0.39 is 0 Å². The molecule has 13 heavy (non-hydrogen) atoms. The van der Waals surface area contributed by atoms with Crippen LogP contribution in [0.5, 0.6) is 0 Å². The van der Waals surface area contributed by atoms with Gasteiger partial charge in [0.05, 0.1) is 0 Å². The molecule has 0 aromatic heterocycles. The topological polar surface area (TPSA) is 0 Å². The Hall–Kier alpha value is -0.520. The Balaban J connectivity index is 3.28. The Morgan fingerprint density at radius 1 is 0.923 bits per heavy atom. The second kappa shape index (κ2) is 3.01. The Morgan fingerprint density at radius 2 is 1.38 bits per heavy atom. The first kappa shape index (κ1) is 10.6. The van der Waals surface area contributed by atoms with Crippen molar-refractivity contribution in [3.8, 4) is 0 Å². The van der Waals surface area contributed by atoms with E-state index >= 15 is 0 Å². The van der Waals surface area contributed by atoms with Crippen molar-refractivity contribution in [2.24, 2.45) is 11.3 Å². The highest BCUT2D eigenvalue weighted by Crippen LogP contribution is 2.48. The molecule has 0 aromatic rings. The van der Waals surface area contributed by atoms with E-state index in [1.54, 1.807) is 11.1 Å². The van der Waals surface area contributed by atoms with E-state index in [-0.39, 0.29) is 0 Å². The zero-order chi connectivity index (χ0) is 10.4. The molecule has 1 rings (SSSR count). The Labute approximate surface area is 82.7 Å². The minimum atomic E-state index is 0.294. The van der Waals surface area contributed by atoms with Crippen LogP contribution in [0.25, 0.3) is 0 Å². The van der Waals surface area contributed by atoms with E-state index in [1.807, 2.05) is 0 Å². The molecule has 0 spiro atoms. The molecule has 0 heteroatoms. The molecule has 1 aliphatic carbocycles. The molecule has 0 aromatic carbocycles. The molecule has 74 valence electrons. The van der Waals surface area contributed by atoms with Gasteiger partial charge in [0.2, 0.25) is 0 Å². The van der Waals surface area contributed by atoms with Gasteiger partial charge in [-0.25, -0.2) is 0 Å². The van der Waals surface area contributed by atoms with Crippen LogP contribution in [-0.2, 0) is 0 Å². The molecule has 0 atom stereocenters. The summed E-state index contributed by atoms with van der Waals surface area (Å²) in [6, 6.07) is 0. The van der Waals surface area contributed by atoms with Crippen LogP contribution < -0.4 is 0 Å². The fraction of sp³-hybridized carbons (Fsp3) is 0.692. The first-order valence-corrected chi connectivity index (χ1v) is 5.19. The quantitative estimate of drug-likeness (QED) is 0.560. The summed E-state index contributed by atoms with van der Waals surface area (Å²) in [6.07, 6.45) is 0. The third-order valence-electron chi connectivity index (χ3n) is 3.72. The molecule has 0 unspecified atom stereocenters. The van der Waals surface area contributed by atoms with Crippen molar-refractivity contribution in [3.05, 3.63) is 22.3 Å². The Kier molecular flexibility index (Phi) is 2.44. The lowest BCUT2D eigenvalue weighted by atomic mass is 9.76. The summed E-state index contributed by atoms with van der Waals surface area (Å²) in [5, 5.41) is 0. The Bertz CT molecular complexity index is 285. The maximum absolute atomic E-state index is 2.34. The molecule has 0 saturated carbocycles. The van der Waals surface area contributed by atoms with E-state index in [2.05, 4.69) is 48.5 Å². The number of hydrogen-bond acceptors (Lipinski definition) is 0. The highest BCUT2D eigenvalue weighted by Gasteiger charge is 2.35. The Morgan fingerprint density at radius 3 is 1.54 bits per heavy atom. The van der Waals surface area contributed by atoms with Crippen molar-refractivity contribution in [1.82, 2.24) is 0 Å². The molecular formula is C13H22. The summed E-state index contributed by atoms with van der Waals surface area (Å²) >= 11 is 0. The van der Waals surface area contributed by atoms with E-state index in [4.69, 9.17) is 0 Å². The van der Waals surface area contributed by atoms with Crippen LogP contribution in [0.3, 0.4) is 0 Å². The molecule has 0 bridgehead atoms. The van der Waals surface area contributed by atoms with Crippen LogP contribution in [-0.4, -0.2) is 0 Å². The summed E-state index contributed by atoms with van der Waals surface area (Å²) < 4.78 is 0. The summed E-state index contributed by atoms with van der Waals surface area (Å²) in [7, 11) is 0. The predicted octanol–water partition coefficient (Wildman–Crippen LogP) is 4.34. The van der Waals surface area contributed by atoms with Gasteiger partial charge in [0, 0.05) is 5.41 Å². The van der Waals surface area contributed by atoms with Crippen molar-refractivity contribution in [3.63, 3.8) is 0 Å². The van der Waals surface area contributed by atoms with Gasteiger partial charge in [-0.15, -0.1) is 0 Å². The lowest BCUT2D eigenvalue weighted by molar-refractivity contribution is 0.484. The lowest BCUT2D eigenvalue weighted by Gasteiger charge is -2.28. The van der Waals surface area contributed by atoms with Crippen LogP contribution in [0.15, 0.2) is 22.3 Å². The predicted molar refractivity (Wildman–Crippen MR) is 59.7 cm³/mol. The van der Waals surface area contributed by atoms with Gasteiger partial charge in [0.25, 0.3) is 0 Å². The molecule has 0 saturated heterocycles. The lowest BCUT2D eigenvalue weighted by Crippen LogP contribution is -2.17. The first-order chi connectivity index (χ1) is 5.80. The first-order valence-electron chi connectivity index (χ1n) is 5.19. The van der Waals surface area contributed by atoms with Crippen LogP contribution in [0.1, 0.15) is 48.5 Å². The molecule has 0 nitrogen and oxygen atoms in total. The summed E-state index contributed by atoms with van der Waals surface area (Å²) in [4.78, 5) is 0. The molecular weight excluding hydrogens is 156 g/mol. The SMILES string of the molecule is CC1=C(C)C(C)(C)C(C(C)C)=C1C. The van der Waals surface area contributed by atoms with Crippen LogP contribution in [0, 0.1) is 11.3 Å². The van der Waals surface area contributed by atoms with Crippen molar-refractivity contribution < 1.29 is 0 Å². The second-order valence-electron chi connectivity index (χ2n) is 5.07. The van der Waals surface area contributed by atoms with Gasteiger partial charge in [0.15, 0.2) is 0 Å². The third-order valence-corrected chi connectivity index (χ3v) is 3.72. The average Bonchev–Trinajstić information content (AvgIpc) is 2.12. The molecule has 0 N–H and O–H groups in total. The molecule has 1 aliphatic rings. The van der Waals surface area contributed by atoms with E-state index in [0.717, 1.165) is 0 Å². The van der Waals surface area contributed by atoms with Gasteiger partial charge in [-0.05, 0) is 37.8 Å². The van der Waals surface area contributed by atoms with Crippen molar-refractivity contribution in [2.45, 2.75) is 48.5 Å². The monoisotopic (exact) mass is 178 g/mol. The normalized spacial score (nSPS) is 22.2. The molecule has 0 amide bonds. The number of rotatable bonds is 1. The fourth-order valence-corrected chi connectivity index (χ4v) is 2.78. The van der Waals surface area contributed by atoms with E-state index in [0.29, 0.717) is 11.3 Å². The van der Waals surface area contributed by atoms with Crippen LogP contribution in [0.4, 0.5) is 0 Å². The molecule has 0 radical (unpaired) electrons. The number of hydrogen-bond donors (Lipinski definition) is 0. The second-order valence-corrected chi connectivity index (χ2v) is 5.07. The minimum Gasteiger partial charge on any atom is -0.0604 e. The van der Waals surface area contributed by atoms with E-state index in [1.165, 1.54) is 11.1 Å². The van der Waals surface area contributed by atoms with Crippen molar-refractivity contribution in [1.29, 1.82) is 0 Å². The van der Waals surface area contributed by atoms with Gasteiger partial charge >= 0.3 is 0 Å². The maximum Gasteiger partial charge on any atom is 0.00754 e. The summed E-state index contributed by atoms with van der Waals surface area (Å²) in [5.74, 6) is 0.669. The van der Waals surface area contributed by atoms with Crippen molar-refractivity contribution >= 4 is 0 Å². The maximum atomic E-state index is 2.34. The van der Waals surface area contributed by atoms with Crippen molar-refractivity contribution in [2.75, 3.05) is 0 Å². The van der Waals surface area contributed by atoms with Gasteiger partial charge in [-0.3, -0.25) is 0 Å². The van der Waals surface area contributed by atoms with E-state index in [9.17, 15) is 0 Å². The summed E-state index contributed by atoms with van der Waals surface area (Å²) in [5.41, 5.74) is 6.50. The smallest absolute Gasteiger partial charge is 0.00754 e. The molecule has 0 fully saturated rings. The van der Waals surface area contributed by atoms with Crippen LogP contribution >= 0.6 is 0 Å². The fourth-order valence-electron chi connectivity index (χ4n) is 2.78. The standard InChI is InChI=1S/C13H22/c1-8(2)12-10(4)9(3)11(5)13(12,6)7/h8H,1-7H3. The van der Waals surface area contributed by atoms with Crippen LogP contribution in [0.2, 0.25) is 0 Å². The summed E-state index contributed by atoms with van der Waals surface area (Å²) in [6.45, 7) is 16.1. The van der Waals surface area contributed by atoms with Gasteiger partial charge in [0.1, 0.15) is 0 Å². The highest BCUT2D eigenvalue weighted by molar-refractivity contribution is 5.50. The third kappa shape index (κ3) is 1.37. The van der Waals surface area contributed by atoms with Gasteiger partial charge < -0.3 is 0 Å². The zero-order valence-corrected chi connectivity index (χ0v) is 10.1. The highest BCUT2D eigenvalue weighted by atomic mass is 14.4. The average molecular weight is 178 g/mol. The minimum absolute atomic E-state index is 0.294.